The van der Waals surface area contributed by atoms with Crippen molar-refractivity contribution in [1.29, 1.82) is 0 Å². The Morgan fingerprint density at radius 3 is 2.16 bits per heavy atom. The molecule has 0 saturated carbocycles. The van der Waals surface area contributed by atoms with E-state index in [1.165, 1.54) is 12.8 Å². The lowest BCUT2D eigenvalue weighted by molar-refractivity contribution is -0.135. The minimum absolute atomic E-state index is 0.121. The summed E-state index contributed by atoms with van der Waals surface area (Å²) in [5.74, 6) is 0.201. The molecule has 0 spiro atoms. The number of amides is 2. The number of nitrogens with zero attached hydrogens (tertiary/aromatic N) is 2. The maximum absolute atomic E-state index is 12.5. The molecule has 4 heteroatoms. The van der Waals surface area contributed by atoms with Gasteiger partial charge in [0.15, 0.2) is 0 Å². The Morgan fingerprint density at radius 1 is 1.11 bits per heavy atom. The zero-order valence-electron chi connectivity index (χ0n) is 12.4. The van der Waals surface area contributed by atoms with Gasteiger partial charge in [-0.25, -0.2) is 0 Å². The topological polar surface area (TPSA) is 40.6 Å². The van der Waals surface area contributed by atoms with Crippen LogP contribution in [0.1, 0.15) is 52.9 Å². The van der Waals surface area contributed by atoms with Gasteiger partial charge >= 0.3 is 0 Å². The van der Waals surface area contributed by atoms with Crippen molar-refractivity contribution in [2.45, 2.75) is 58.4 Å². The molecule has 0 aromatic carbocycles. The van der Waals surface area contributed by atoms with Crippen molar-refractivity contribution in [1.82, 2.24) is 9.80 Å². The molecule has 0 bridgehead atoms. The van der Waals surface area contributed by atoms with E-state index in [4.69, 9.17) is 0 Å². The highest BCUT2D eigenvalue weighted by Crippen LogP contribution is 2.27. The molecule has 19 heavy (non-hydrogen) atoms. The van der Waals surface area contributed by atoms with Gasteiger partial charge in [-0.3, -0.25) is 9.59 Å². The first-order valence-electron chi connectivity index (χ1n) is 7.49. The number of likely N-dealkylation sites (tertiary alicyclic amines) is 2. The highest BCUT2D eigenvalue weighted by atomic mass is 16.2. The summed E-state index contributed by atoms with van der Waals surface area (Å²) >= 11 is 0. The van der Waals surface area contributed by atoms with Gasteiger partial charge in [-0.1, -0.05) is 12.8 Å². The molecule has 2 heterocycles. The maximum atomic E-state index is 12.5. The molecule has 2 rings (SSSR count). The number of hydrogen-bond donors (Lipinski definition) is 0. The molecule has 0 aromatic heterocycles. The van der Waals surface area contributed by atoms with E-state index in [-0.39, 0.29) is 23.3 Å². The molecule has 2 amide bonds. The van der Waals surface area contributed by atoms with Gasteiger partial charge in [-0.05, 0) is 33.6 Å². The van der Waals surface area contributed by atoms with E-state index >= 15 is 0 Å². The summed E-state index contributed by atoms with van der Waals surface area (Å²) in [6.45, 7) is 8.44. The molecule has 0 radical (unpaired) electrons. The summed E-state index contributed by atoms with van der Waals surface area (Å²) in [4.78, 5) is 28.4. The maximum Gasteiger partial charge on any atom is 0.227 e. The van der Waals surface area contributed by atoms with Gasteiger partial charge in [0.05, 0.1) is 5.92 Å². The summed E-state index contributed by atoms with van der Waals surface area (Å²) < 4.78 is 0. The Labute approximate surface area is 116 Å². The predicted molar refractivity (Wildman–Crippen MR) is 74.6 cm³/mol. The SMILES string of the molecule is CC(C)(C)N1C[C@@H](C(=O)N2CCCCCC2)CC1=O. The Bertz CT molecular complexity index is 352. The molecule has 4 nitrogen and oxygen atoms in total. The molecule has 2 saturated heterocycles. The van der Waals surface area contributed by atoms with Crippen LogP contribution in [0.5, 0.6) is 0 Å². The van der Waals surface area contributed by atoms with Gasteiger partial charge in [-0.15, -0.1) is 0 Å². The summed E-state index contributed by atoms with van der Waals surface area (Å²) in [5, 5.41) is 0. The molecule has 1 atom stereocenters. The van der Waals surface area contributed by atoms with Crippen molar-refractivity contribution in [3.05, 3.63) is 0 Å². The van der Waals surface area contributed by atoms with Crippen LogP contribution in [-0.4, -0.2) is 46.8 Å². The third-order valence-corrected chi connectivity index (χ3v) is 4.20. The Kier molecular flexibility index (Phi) is 4.16. The summed E-state index contributed by atoms with van der Waals surface area (Å²) in [5.41, 5.74) is -0.176. The van der Waals surface area contributed by atoms with Gasteiger partial charge in [0.1, 0.15) is 0 Å². The third kappa shape index (κ3) is 3.28. The van der Waals surface area contributed by atoms with Crippen LogP contribution in [0.25, 0.3) is 0 Å². The summed E-state index contributed by atoms with van der Waals surface area (Å²) in [6, 6.07) is 0. The van der Waals surface area contributed by atoms with Crippen LogP contribution in [0.4, 0.5) is 0 Å². The molecule has 0 aromatic rings. The van der Waals surface area contributed by atoms with Crippen molar-refractivity contribution in [3.63, 3.8) is 0 Å². The first-order chi connectivity index (χ1) is 8.89. The van der Waals surface area contributed by atoms with Crippen molar-refractivity contribution in [2.75, 3.05) is 19.6 Å². The standard InChI is InChI=1S/C15H26N2O2/c1-15(2,3)17-11-12(10-13(17)18)14(19)16-8-6-4-5-7-9-16/h12H,4-11H2,1-3H3/t12-/m0/s1. The van der Waals surface area contributed by atoms with Crippen molar-refractivity contribution < 1.29 is 9.59 Å². The molecular weight excluding hydrogens is 240 g/mol. The van der Waals surface area contributed by atoms with E-state index in [1.54, 1.807) is 0 Å². The number of carbonyl (C=O) groups is 2. The van der Waals surface area contributed by atoms with Gasteiger partial charge in [0.2, 0.25) is 11.8 Å². The monoisotopic (exact) mass is 266 g/mol. The molecule has 2 aliphatic rings. The van der Waals surface area contributed by atoms with Crippen LogP contribution in [-0.2, 0) is 9.59 Å². The normalized spacial score (nSPS) is 25.6. The Hall–Kier alpha value is -1.06. The second-order valence-corrected chi connectivity index (χ2v) is 6.82. The zero-order valence-corrected chi connectivity index (χ0v) is 12.4. The van der Waals surface area contributed by atoms with Crippen LogP contribution in [0.3, 0.4) is 0 Å². The third-order valence-electron chi connectivity index (χ3n) is 4.20. The van der Waals surface area contributed by atoms with Crippen molar-refractivity contribution in [2.24, 2.45) is 5.92 Å². The van der Waals surface area contributed by atoms with E-state index in [9.17, 15) is 9.59 Å². The number of hydrogen-bond acceptors (Lipinski definition) is 2. The van der Waals surface area contributed by atoms with Crippen molar-refractivity contribution in [3.8, 4) is 0 Å². The van der Waals surface area contributed by atoms with Crippen molar-refractivity contribution >= 4 is 11.8 Å². The van der Waals surface area contributed by atoms with Crippen LogP contribution in [0, 0.1) is 5.92 Å². The largest absolute Gasteiger partial charge is 0.342 e. The number of carbonyl (C=O) groups excluding carboxylic acids is 2. The smallest absolute Gasteiger partial charge is 0.227 e. The van der Waals surface area contributed by atoms with E-state index < -0.39 is 0 Å². The highest BCUT2D eigenvalue weighted by molar-refractivity contribution is 5.89. The summed E-state index contributed by atoms with van der Waals surface area (Å²) in [6.07, 6.45) is 5.06. The van der Waals surface area contributed by atoms with Gasteiger partial charge < -0.3 is 9.80 Å². The Morgan fingerprint density at radius 2 is 1.68 bits per heavy atom. The average molecular weight is 266 g/mol. The van der Waals surface area contributed by atoms with Crippen LogP contribution >= 0.6 is 0 Å². The first kappa shape index (κ1) is 14.4. The lowest BCUT2D eigenvalue weighted by Crippen LogP contribution is -2.43. The second kappa shape index (κ2) is 5.51. The van der Waals surface area contributed by atoms with Crippen LogP contribution < -0.4 is 0 Å². The molecule has 2 fully saturated rings. The zero-order chi connectivity index (χ0) is 14.0. The fourth-order valence-electron chi connectivity index (χ4n) is 3.07. The first-order valence-corrected chi connectivity index (χ1v) is 7.49. The van der Waals surface area contributed by atoms with Gasteiger partial charge in [0.25, 0.3) is 0 Å². The lowest BCUT2D eigenvalue weighted by atomic mass is 10.1. The second-order valence-electron chi connectivity index (χ2n) is 6.82. The fourth-order valence-corrected chi connectivity index (χ4v) is 3.07. The van der Waals surface area contributed by atoms with E-state index in [2.05, 4.69) is 0 Å². The van der Waals surface area contributed by atoms with Crippen LogP contribution in [0.15, 0.2) is 0 Å². The van der Waals surface area contributed by atoms with Gasteiger partial charge in [-0.2, -0.15) is 0 Å². The molecule has 0 N–H and O–H groups in total. The molecule has 0 unspecified atom stereocenters. The molecule has 108 valence electrons. The number of rotatable bonds is 1. The predicted octanol–water partition coefficient (Wildman–Crippen LogP) is 2.04. The van der Waals surface area contributed by atoms with Crippen LogP contribution in [0.2, 0.25) is 0 Å². The van der Waals surface area contributed by atoms with E-state index in [0.717, 1.165) is 25.9 Å². The molecule has 2 aliphatic heterocycles. The van der Waals surface area contributed by atoms with E-state index in [1.807, 2.05) is 30.6 Å². The Balaban J connectivity index is 1.99. The quantitative estimate of drug-likeness (QED) is 0.728. The minimum atomic E-state index is -0.176. The fraction of sp³-hybridized carbons (Fsp3) is 0.867. The van der Waals surface area contributed by atoms with Gasteiger partial charge in [0, 0.05) is 31.6 Å². The molecular formula is C15H26N2O2. The molecule has 0 aliphatic carbocycles. The lowest BCUT2D eigenvalue weighted by Gasteiger charge is -2.32. The highest BCUT2D eigenvalue weighted by Gasteiger charge is 2.40. The summed E-state index contributed by atoms with van der Waals surface area (Å²) in [7, 11) is 0. The minimum Gasteiger partial charge on any atom is -0.342 e. The van der Waals surface area contributed by atoms with E-state index in [0.29, 0.717) is 13.0 Å². The average Bonchev–Trinajstić information content (AvgIpc) is 2.57.